The summed E-state index contributed by atoms with van der Waals surface area (Å²) in [6.07, 6.45) is 0. The Morgan fingerprint density at radius 1 is 0.968 bits per heavy atom. The monoisotopic (exact) mass is 444 g/mol. The first-order chi connectivity index (χ1) is 14.7. The summed E-state index contributed by atoms with van der Waals surface area (Å²) in [6, 6.07) is 13.7. The van der Waals surface area contributed by atoms with Gasteiger partial charge < -0.3 is 18.1 Å². The lowest BCUT2D eigenvalue weighted by Gasteiger charge is -2.12. The Hall–Kier alpha value is -3.59. The first-order valence-corrected chi connectivity index (χ1v) is 10.6. The molecule has 0 spiro atoms. The molecule has 0 aliphatic heterocycles. The average Bonchev–Trinajstić information content (AvgIpc) is 3.22. The zero-order valence-corrected chi connectivity index (χ0v) is 17.9. The molecule has 0 saturated heterocycles. The second-order valence-electron chi connectivity index (χ2n) is 6.64. The van der Waals surface area contributed by atoms with Gasteiger partial charge in [0.1, 0.15) is 22.8 Å². The van der Waals surface area contributed by atoms with E-state index in [1.165, 1.54) is 37.4 Å². The highest BCUT2D eigenvalue weighted by atomic mass is 32.2. The fourth-order valence-electron chi connectivity index (χ4n) is 2.73. The number of para-hydroxylation sites is 1. The highest BCUT2D eigenvalue weighted by Gasteiger charge is 2.23. The lowest BCUT2D eigenvalue weighted by atomic mass is 10.2. The lowest BCUT2D eigenvalue weighted by molar-refractivity contribution is 0.0436. The van der Waals surface area contributed by atoms with Gasteiger partial charge in [0.2, 0.25) is 5.76 Å². The Morgan fingerprint density at radius 2 is 1.71 bits per heavy atom. The Bertz CT molecular complexity index is 1220. The maximum absolute atomic E-state index is 12.8. The number of carbonyl (C=O) groups excluding carboxylic acids is 2. The van der Waals surface area contributed by atoms with E-state index in [2.05, 4.69) is 4.74 Å². The molecule has 3 rings (SSSR count). The van der Waals surface area contributed by atoms with Gasteiger partial charge in [-0.05, 0) is 55.3 Å². The van der Waals surface area contributed by atoms with E-state index in [4.69, 9.17) is 13.3 Å². The molecule has 0 aliphatic carbocycles. The van der Waals surface area contributed by atoms with Crippen LogP contribution in [0.2, 0.25) is 0 Å². The number of methoxy groups -OCH3 is 1. The molecule has 0 unspecified atom stereocenters. The van der Waals surface area contributed by atoms with Crippen molar-refractivity contribution in [2.24, 2.45) is 0 Å². The van der Waals surface area contributed by atoms with Crippen LogP contribution in [0.25, 0.3) is 0 Å². The molecule has 162 valence electrons. The van der Waals surface area contributed by atoms with Crippen molar-refractivity contribution in [3.8, 4) is 5.75 Å². The molecule has 0 atom stereocenters. The van der Waals surface area contributed by atoms with E-state index in [1.54, 1.807) is 38.1 Å². The highest BCUT2D eigenvalue weighted by Crippen LogP contribution is 2.26. The van der Waals surface area contributed by atoms with Gasteiger partial charge in [-0.1, -0.05) is 24.3 Å². The van der Waals surface area contributed by atoms with Crippen LogP contribution in [-0.2, 0) is 26.2 Å². The van der Waals surface area contributed by atoms with Crippen LogP contribution in [0.4, 0.5) is 0 Å². The SMILES string of the molecule is COC(=O)c1ccc(COC(=O)c2ccccc2OS(=O)(=O)c2cc(C)ccc2C)o1. The van der Waals surface area contributed by atoms with Crippen molar-refractivity contribution in [2.75, 3.05) is 7.11 Å². The van der Waals surface area contributed by atoms with Crippen LogP contribution in [-0.4, -0.2) is 27.5 Å². The summed E-state index contributed by atoms with van der Waals surface area (Å²) in [5.41, 5.74) is 1.20. The molecule has 8 nitrogen and oxygen atoms in total. The number of ether oxygens (including phenoxy) is 2. The van der Waals surface area contributed by atoms with Gasteiger partial charge in [0.05, 0.1) is 7.11 Å². The van der Waals surface area contributed by atoms with Crippen LogP contribution in [0.5, 0.6) is 5.75 Å². The summed E-state index contributed by atoms with van der Waals surface area (Å²) in [5.74, 6) is -1.45. The van der Waals surface area contributed by atoms with Gasteiger partial charge in [-0.25, -0.2) is 9.59 Å². The van der Waals surface area contributed by atoms with Crippen molar-refractivity contribution in [3.05, 3.63) is 82.8 Å². The molecule has 0 bridgehead atoms. The number of benzene rings is 2. The molecule has 2 aromatic carbocycles. The molecule has 31 heavy (non-hydrogen) atoms. The molecule has 1 aromatic heterocycles. The van der Waals surface area contributed by atoms with Crippen LogP contribution < -0.4 is 4.18 Å². The summed E-state index contributed by atoms with van der Waals surface area (Å²) in [7, 11) is -2.96. The number of hydrogen-bond donors (Lipinski definition) is 0. The van der Waals surface area contributed by atoms with Gasteiger partial charge >= 0.3 is 22.1 Å². The fourth-order valence-corrected chi connectivity index (χ4v) is 3.99. The van der Waals surface area contributed by atoms with E-state index < -0.39 is 22.1 Å². The minimum Gasteiger partial charge on any atom is -0.463 e. The van der Waals surface area contributed by atoms with Gasteiger partial charge in [0, 0.05) is 0 Å². The largest absolute Gasteiger partial charge is 0.463 e. The second kappa shape index (κ2) is 9.05. The Balaban J connectivity index is 1.78. The average molecular weight is 444 g/mol. The third-order valence-electron chi connectivity index (χ3n) is 4.31. The second-order valence-corrected chi connectivity index (χ2v) is 8.15. The van der Waals surface area contributed by atoms with Gasteiger partial charge in [-0.15, -0.1) is 0 Å². The maximum atomic E-state index is 12.8. The minimum absolute atomic E-state index is 0.0154. The summed E-state index contributed by atoms with van der Waals surface area (Å²) < 4.78 is 45.8. The number of rotatable bonds is 7. The Kier molecular flexibility index (Phi) is 6.45. The molecule has 0 fully saturated rings. The standard InChI is InChI=1S/C22H20O8S/c1-14-8-9-15(2)20(12-14)31(25,26)30-18-7-5-4-6-17(18)21(23)28-13-16-10-11-19(29-16)22(24)27-3/h4-12H,13H2,1-3H3. The number of carbonyl (C=O) groups is 2. The van der Waals surface area contributed by atoms with Gasteiger partial charge in [-0.3, -0.25) is 0 Å². The number of furan rings is 1. The van der Waals surface area contributed by atoms with Crippen molar-refractivity contribution < 1.29 is 36.1 Å². The molecule has 0 radical (unpaired) electrons. The van der Waals surface area contributed by atoms with Gasteiger partial charge in [0.15, 0.2) is 5.75 Å². The fraction of sp³-hybridized carbons (Fsp3) is 0.182. The first kappa shape index (κ1) is 22.1. The van der Waals surface area contributed by atoms with E-state index in [9.17, 15) is 18.0 Å². The van der Waals surface area contributed by atoms with Crippen molar-refractivity contribution in [1.82, 2.24) is 0 Å². The zero-order chi connectivity index (χ0) is 22.6. The predicted octanol–water partition coefficient (Wildman–Crippen LogP) is 3.81. The van der Waals surface area contributed by atoms with Crippen LogP contribution in [0, 0.1) is 13.8 Å². The zero-order valence-electron chi connectivity index (χ0n) is 17.1. The van der Waals surface area contributed by atoms with E-state index in [0.29, 0.717) is 5.56 Å². The first-order valence-electron chi connectivity index (χ1n) is 9.16. The summed E-state index contributed by atoms with van der Waals surface area (Å²) in [6.45, 7) is 3.15. The third kappa shape index (κ3) is 5.13. The van der Waals surface area contributed by atoms with Crippen molar-refractivity contribution >= 4 is 22.1 Å². The molecule has 0 N–H and O–H groups in total. The van der Waals surface area contributed by atoms with Crippen molar-refractivity contribution in [3.63, 3.8) is 0 Å². The number of hydrogen-bond acceptors (Lipinski definition) is 8. The number of aryl methyl sites for hydroxylation is 2. The molecular formula is C22H20O8S. The molecular weight excluding hydrogens is 424 g/mol. The quantitative estimate of drug-likeness (QED) is 0.400. The van der Waals surface area contributed by atoms with E-state index in [0.717, 1.165) is 5.56 Å². The van der Waals surface area contributed by atoms with E-state index >= 15 is 0 Å². The van der Waals surface area contributed by atoms with E-state index in [-0.39, 0.29) is 34.3 Å². The smallest absolute Gasteiger partial charge is 0.373 e. The van der Waals surface area contributed by atoms with E-state index in [1.807, 2.05) is 0 Å². The van der Waals surface area contributed by atoms with Crippen molar-refractivity contribution in [1.29, 1.82) is 0 Å². The van der Waals surface area contributed by atoms with Gasteiger partial charge in [-0.2, -0.15) is 8.42 Å². The van der Waals surface area contributed by atoms with Gasteiger partial charge in [0.25, 0.3) is 0 Å². The normalized spacial score (nSPS) is 11.1. The summed E-state index contributed by atoms with van der Waals surface area (Å²) in [5, 5.41) is 0. The molecule has 1 heterocycles. The lowest BCUT2D eigenvalue weighted by Crippen LogP contribution is -2.14. The molecule has 0 saturated carbocycles. The Labute approximate surface area is 179 Å². The molecule has 0 amide bonds. The predicted molar refractivity (Wildman–Crippen MR) is 109 cm³/mol. The Morgan fingerprint density at radius 3 is 2.45 bits per heavy atom. The third-order valence-corrected chi connectivity index (χ3v) is 5.69. The van der Waals surface area contributed by atoms with Crippen LogP contribution in [0.3, 0.4) is 0 Å². The maximum Gasteiger partial charge on any atom is 0.373 e. The van der Waals surface area contributed by atoms with Crippen LogP contribution >= 0.6 is 0 Å². The summed E-state index contributed by atoms with van der Waals surface area (Å²) in [4.78, 5) is 24.0. The van der Waals surface area contributed by atoms with Crippen LogP contribution in [0.1, 0.15) is 37.8 Å². The summed E-state index contributed by atoms with van der Waals surface area (Å²) >= 11 is 0. The highest BCUT2D eigenvalue weighted by molar-refractivity contribution is 7.87. The minimum atomic E-state index is -4.18. The van der Waals surface area contributed by atoms with Crippen molar-refractivity contribution in [2.45, 2.75) is 25.3 Å². The molecule has 0 aliphatic rings. The topological polar surface area (TPSA) is 109 Å². The van der Waals surface area contributed by atoms with Crippen LogP contribution in [0.15, 0.2) is 63.9 Å². The number of esters is 2. The molecule has 9 heteroatoms. The molecule has 3 aromatic rings.